The average molecular weight is 285 g/mol. The van der Waals surface area contributed by atoms with Gasteiger partial charge in [-0.1, -0.05) is 18.2 Å². The van der Waals surface area contributed by atoms with E-state index >= 15 is 0 Å². The number of pyridine rings is 1. The highest BCUT2D eigenvalue weighted by molar-refractivity contribution is 5.84. The van der Waals surface area contributed by atoms with Gasteiger partial charge in [0.1, 0.15) is 11.5 Å². The van der Waals surface area contributed by atoms with E-state index in [1.54, 1.807) is 19.1 Å². The molecule has 1 heterocycles. The van der Waals surface area contributed by atoms with Crippen molar-refractivity contribution in [3.63, 3.8) is 0 Å². The number of amides is 1. The zero-order valence-corrected chi connectivity index (χ0v) is 11.5. The molecule has 1 aromatic heterocycles. The lowest BCUT2D eigenvalue weighted by Gasteiger charge is -2.05. The zero-order valence-electron chi connectivity index (χ0n) is 11.5. The number of benzene rings is 1. The van der Waals surface area contributed by atoms with Gasteiger partial charge in [-0.3, -0.25) is 5.32 Å². The number of anilines is 2. The number of nitrogens with two attached hydrogens (primary N) is 1. The lowest BCUT2D eigenvalue weighted by Crippen LogP contribution is -2.14. The molecule has 2 aromatic rings. The van der Waals surface area contributed by atoms with Crippen molar-refractivity contribution >= 4 is 29.1 Å². The van der Waals surface area contributed by atoms with Gasteiger partial charge in [-0.25, -0.2) is 9.78 Å². The minimum absolute atomic E-state index is 0.170. The van der Waals surface area contributed by atoms with Gasteiger partial charge in [0.15, 0.2) is 5.82 Å². The van der Waals surface area contributed by atoms with Crippen LogP contribution in [0.5, 0.6) is 0 Å². The Morgan fingerprint density at radius 1 is 1.24 bits per heavy atom. The fourth-order valence-electron chi connectivity index (χ4n) is 1.50. The summed E-state index contributed by atoms with van der Waals surface area (Å²) in [6.07, 6.45) is -0.580. The molecular formula is C14H15N5O2. The molecule has 0 unspecified atom stereocenters. The van der Waals surface area contributed by atoms with E-state index in [2.05, 4.69) is 20.5 Å². The number of rotatable bonds is 4. The van der Waals surface area contributed by atoms with Crippen LogP contribution in [0.25, 0.3) is 0 Å². The first-order valence-electron chi connectivity index (χ1n) is 6.36. The number of carbonyl (C=O) groups excluding carboxylic acids is 1. The Labute approximate surface area is 121 Å². The van der Waals surface area contributed by atoms with Gasteiger partial charge < -0.3 is 10.5 Å². The van der Waals surface area contributed by atoms with Gasteiger partial charge in [-0.2, -0.15) is 5.11 Å². The molecule has 0 bridgehead atoms. The zero-order chi connectivity index (χ0) is 15.1. The van der Waals surface area contributed by atoms with Crippen LogP contribution in [-0.2, 0) is 4.74 Å². The summed E-state index contributed by atoms with van der Waals surface area (Å²) in [4.78, 5) is 15.3. The maximum absolute atomic E-state index is 11.3. The molecule has 7 heteroatoms. The molecule has 0 fully saturated rings. The summed E-state index contributed by atoms with van der Waals surface area (Å²) < 4.78 is 4.75. The Hall–Kier alpha value is -2.96. The average Bonchev–Trinajstić information content (AvgIpc) is 2.48. The Morgan fingerprint density at radius 2 is 2.00 bits per heavy atom. The lowest BCUT2D eigenvalue weighted by atomic mass is 10.3. The number of aromatic nitrogens is 1. The van der Waals surface area contributed by atoms with Crippen LogP contribution < -0.4 is 11.1 Å². The van der Waals surface area contributed by atoms with E-state index in [9.17, 15) is 4.79 Å². The lowest BCUT2D eigenvalue weighted by molar-refractivity contribution is 0.168. The van der Waals surface area contributed by atoms with Gasteiger partial charge in [-0.15, -0.1) is 5.11 Å². The molecule has 21 heavy (non-hydrogen) atoms. The third-order valence-electron chi connectivity index (χ3n) is 2.44. The van der Waals surface area contributed by atoms with E-state index in [-0.39, 0.29) is 12.4 Å². The minimum Gasteiger partial charge on any atom is -0.450 e. The highest BCUT2D eigenvalue weighted by Gasteiger charge is 2.06. The molecule has 0 aliphatic heterocycles. The molecule has 0 aliphatic rings. The maximum Gasteiger partial charge on any atom is 0.412 e. The van der Waals surface area contributed by atoms with Crippen LogP contribution in [0.3, 0.4) is 0 Å². The van der Waals surface area contributed by atoms with Crippen molar-refractivity contribution < 1.29 is 9.53 Å². The minimum atomic E-state index is -0.580. The molecule has 108 valence electrons. The molecule has 0 atom stereocenters. The van der Waals surface area contributed by atoms with E-state index < -0.39 is 6.09 Å². The van der Waals surface area contributed by atoms with Crippen molar-refractivity contribution in [1.82, 2.24) is 4.98 Å². The summed E-state index contributed by atoms with van der Waals surface area (Å²) in [6, 6.07) is 12.5. The standard InChI is InChI=1S/C14H15N5O2/c1-2-21-14(20)17-12-9-8-11(13(15)16-12)19-18-10-6-4-3-5-7-10/h3-9H,2H2,1H3,(H3,15,16,17,20). The Bertz CT molecular complexity index is 643. The molecule has 3 N–H and O–H groups in total. The van der Waals surface area contributed by atoms with Crippen LogP contribution in [0.1, 0.15) is 6.92 Å². The topological polar surface area (TPSA) is 102 Å². The van der Waals surface area contributed by atoms with E-state index in [0.29, 0.717) is 17.2 Å². The quantitative estimate of drug-likeness (QED) is 0.837. The summed E-state index contributed by atoms with van der Waals surface area (Å²) in [5.74, 6) is 0.466. The van der Waals surface area contributed by atoms with Gasteiger partial charge in [0, 0.05) is 0 Å². The third kappa shape index (κ3) is 4.27. The fourth-order valence-corrected chi connectivity index (χ4v) is 1.50. The first-order valence-corrected chi connectivity index (χ1v) is 6.36. The number of nitrogen functional groups attached to an aromatic ring is 1. The molecule has 0 saturated carbocycles. The van der Waals surface area contributed by atoms with Crippen LogP contribution in [0.2, 0.25) is 0 Å². The largest absolute Gasteiger partial charge is 0.450 e. The van der Waals surface area contributed by atoms with Crippen LogP contribution in [-0.4, -0.2) is 17.7 Å². The summed E-state index contributed by atoms with van der Waals surface area (Å²) in [5, 5.41) is 10.5. The van der Waals surface area contributed by atoms with Gasteiger partial charge in [-0.05, 0) is 31.2 Å². The van der Waals surface area contributed by atoms with E-state index in [1.165, 1.54) is 0 Å². The van der Waals surface area contributed by atoms with Gasteiger partial charge in [0.05, 0.1) is 12.3 Å². The van der Waals surface area contributed by atoms with Crippen LogP contribution in [0.15, 0.2) is 52.7 Å². The number of ether oxygens (including phenoxy) is 1. The Kier molecular flexibility index (Phi) is 4.81. The van der Waals surface area contributed by atoms with Crippen molar-refractivity contribution in [2.45, 2.75) is 6.92 Å². The van der Waals surface area contributed by atoms with Crippen molar-refractivity contribution in [2.75, 3.05) is 17.7 Å². The second-order valence-electron chi connectivity index (χ2n) is 3.98. The molecule has 0 saturated heterocycles. The van der Waals surface area contributed by atoms with E-state index in [1.807, 2.05) is 30.3 Å². The Balaban J connectivity index is 2.09. The predicted molar refractivity (Wildman–Crippen MR) is 79.9 cm³/mol. The number of carbonyl (C=O) groups is 1. The molecule has 2 rings (SSSR count). The van der Waals surface area contributed by atoms with Crippen LogP contribution in [0, 0.1) is 0 Å². The number of azo groups is 1. The van der Waals surface area contributed by atoms with Crippen molar-refractivity contribution in [1.29, 1.82) is 0 Å². The van der Waals surface area contributed by atoms with Gasteiger partial charge in [0.25, 0.3) is 0 Å². The summed E-state index contributed by atoms with van der Waals surface area (Å²) >= 11 is 0. The van der Waals surface area contributed by atoms with Crippen molar-refractivity contribution in [2.24, 2.45) is 10.2 Å². The summed E-state index contributed by atoms with van der Waals surface area (Å²) in [5.41, 5.74) is 6.92. The van der Waals surface area contributed by atoms with E-state index in [0.717, 1.165) is 0 Å². The molecule has 0 spiro atoms. The maximum atomic E-state index is 11.3. The highest BCUT2D eigenvalue weighted by atomic mass is 16.5. The molecular weight excluding hydrogens is 270 g/mol. The number of hydrogen-bond acceptors (Lipinski definition) is 6. The number of hydrogen-bond donors (Lipinski definition) is 2. The van der Waals surface area contributed by atoms with Crippen LogP contribution in [0.4, 0.5) is 27.8 Å². The molecule has 7 nitrogen and oxygen atoms in total. The van der Waals surface area contributed by atoms with Crippen molar-refractivity contribution in [3.8, 4) is 0 Å². The van der Waals surface area contributed by atoms with E-state index in [4.69, 9.17) is 10.5 Å². The molecule has 0 aliphatic carbocycles. The smallest absolute Gasteiger partial charge is 0.412 e. The first kappa shape index (κ1) is 14.4. The summed E-state index contributed by atoms with van der Waals surface area (Å²) in [6.45, 7) is 2.00. The third-order valence-corrected chi connectivity index (χ3v) is 2.44. The molecule has 1 aromatic carbocycles. The predicted octanol–water partition coefficient (Wildman–Crippen LogP) is 3.65. The first-order chi connectivity index (χ1) is 10.2. The normalized spacial score (nSPS) is 10.5. The SMILES string of the molecule is CCOC(=O)Nc1ccc(N=Nc2ccccc2)c(N)n1. The highest BCUT2D eigenvalue weighted by Crippen LogP contribution is 2.24. The van der Waals surface area contributed by atoms with Crippen LogP contribution >= 0.6 is 0 Å². The molecule has 0 radical (unpaired) electrons. The fraction of sp³-hybridized carbons (Fsp3) is 0.143. The second-order valence-corrected chi connectivity index (χ2v) is 3.98. The summed E-state index contributed by atoms with van der Waals surface area (Å²) in [7, 11) is 0. The molecule has 1 amide bonds. The second kappa shape index (κ2) is 6.99. The monoisotopic (exact) mass is 285 g/mol. The Morgan fingerprint density at radius 3 is 2.67 bits per heavy atom. The number of nitrogens with one attached hydrogen (secondary N) is 1. The number of nitrogens with zero attached hydrogens (tertiary/aromatic N) is 3. The van der Waals surface area contributed by atoms with Crippen molar-refractivity contribution in [3.05, 3.63) is 42.5 Å². The van der Waals surface area contributed by atoms with Gasteiger partial charge in [0.2, 0.25) is 0 Å². The van der Waals surface area contributed by atoms with Gasteiger partial charge >= 0.3 is 6.09 Å².